The number of ether oxygens (including phenoxy) is 3. The Balaban J connectivity index is 1.17. The van der Waals surface area contributed by atoms with Crippen LogP contribution in [0.15, 0.2) is 41.3 Å². The first-order valence-electron chi connectivity index (χ1n) is 18.1. The quantitative estimate of drug-likeness (QED) is 0.124. The van der Waals surface area contributed by atoms with Gasteiger partial charge >= 0.3 is 0 Å². The lowest BCUT2D eigenvalue weighted by atomic mass is 9.91. The van der Waals surface area contributed by atoms with E-state index in [0.717, 1.165) is 27.2 Å². The zero-order valence-corrected chi connectivity index (χ0v) is 31.9. The molecule has 0 spiro atoms. The minimum Gasteiger partial charge on any atom is -0.496 e. The highest BCUT2D eigenvalue weighted by molar-refractivity contribution is 6.23. The Hall–Kier alpha value is -5.50. The Morgan fingerprint density at radius 2 is 1.67 bits per heavy atom. The van der Waals surface area contributed by atoms with Crippen LogP contribution in [0.5, 0.6) is 17.2 Å². The van der Waals surface area contributed by atoms with E-state index in [1.54, 1.807) is 42.9 Å². The van der Waals surface area contributed by atoms with Crippen LogP contribution in [0.2, 0.25) is 0 Å². The second kappa shape index (κ2) is 17.5. The second-order valence-electron chi connectivity index (χ2n) is 13.8. The summed E-state index contributed by atoms with van der Waals surface area (Å²) in [6.07, 6.45) is 5.07. The fourth-order valence-corrected chi connectivity index (χ4v) is 7.12. The van der Waals surface area contributed by atoms with Crippen molar-refractivity contribution >= 4 is 29.9 Å². The standard InChI is InChI=1S/C40H49N5O9/c1-41-35(47)15-14-26(24-46)45-39(50)28-11-10-12-32(37(28)40(45)51)54-18-9-7-8-13-36(48)44-17-16-27-29(22-43(4)38(49)30(27)23-44)25-19-33(52-5)31(21-42(2)3)34(20-25)53-6/h10-12,19-20,22,24,26H,7-9,13-18,21,23H2,1-6H3,(H,41,47). The summed E-state index contributed by atoms with van der Waals surface area (Å²) < 4.78 is 19.0. The molecule has 0 fully saturated rings. The lowest BCUT2D eigenvalue weighted by Crippen LogP contribution is -2.41. The van der Waals surface area contributed by atoms with E-state index in [1.807, 2.05) is 37.3 Å². The summed E-state index contributed by atoms with van der Waals surface area (Å²) in [6.45, 7) is 1.60. The van der Waals surface area contributed by atoms with Gasteiger partial charge in [0.05, 0.1) is 50.1 Å². The molecule has 0 aliphatic carbocycles. The number of carbonyl (C=O) groups is 5. The molecule has 3 heterocycles. The molecule has 1 atom stereocenters. The van der Waals surface area contributed by atoms with E-state index in [1.165, 1.54) is 13.1 Å². The molecule has 5 rings (SSSR count). The van der Waals surface area contributed by atoms with E-state index < -0.39 is 17.9 Å². The molecule has 1 unspecified atom stereocenters. The molecular formula is C40H49N5O9. The van der Waals surface area contributed by atoms with Gasteiger partial charge in [-0.3, -0.25) is 28.9 Å². The molecule has 2 aliphatic heterocycles. The number of nitrogens with zero attached hydrogens (tertiary/aromatic N) is 4. The van der Waals surface area contributed by atoms with E-state index in [0.29, 0.717) is 68.5 Å². The number of unbranched alkanes of at least 4 members (excludes halogenated alkanes) is 2. The predicted octanol–water partition coefficient (Wildman–Crippen LogP) is 3.34. The van der Waals surface area contributed by atoms with Crippen molar-refractivity contribution in [3.63, 3.8) is 0 Å². The summed E-state index contributed by atoms with van der Waals surface area (Å²) in [6, 6.07) is 7.61. The predicted molar refractivity (Wildman–Crippen MR) is 201 cm³/mol. The molecule has 0 saturated carbocycles. The fraction of sp³-hybridized carbons (Fsp3) is 0.450. The number of aldehydes is 1. The van der Waals surface area contributed by atoms with Crippen molar-refractivity contribution in [3.8, 4) is 28.4 Å². The molecule has 2 aliphatic rings. The number of amides is 4. The minimum absolute atomic E-state index is 0.0117. The van der Waals surface area contributed by atoms with Crippen molar-refractivity contribution in [2.75, 3.05) is 48.5 Å². The average Bonchev–Trinajstić information content (AvgIpc) is 3.43. The smallest absolute Gasteiger partial charge is 0.265 e. The van der Waals surface area contributed by atoms with Gasteiger partial charge in [0.15, 0.2) is 0 Å². The maximum absolute atomic E-state index is 13.4. The van der Waals surface area contributed by atoms with E-state index in [9.17, 15) is 28.8 Å². The molecule has 0 saturated heterocycles. The summed E-state index contributed by atoms with van der Waals surface area (Å²) in [4.78, 5) is 81.3. The Kier molecular flexibility index (Phi) is 12.9. The SMILES string of the molecule is CNC(=O)CCC(C=O)N1C(=O)c2cccc(OCCCCCC(=O)N3CCc4c(-c5cc(OC)c(CN(C)C)c(OC)c5)cn(C)c(=O)c4C3)c2C1=O. The van der Waals surface area contributed by atoms with Gasteiger partial charge in [-0.15, -0.1) is 0 Å². The Labute approximate surface area is 314 Å². The lowest BCUT2D eigenvalue weighted by molar-refractivity contribution is -0.132. The van der Waals surface area contributed by atoms with Crippen molar-refractivity contribution in [2.24, 2.45) is 7.05 Å². The Bertz CT molecular complexity index is 1960. The zero-order chi connectivity index (χ0) is 39.1. The number of hydrogen-bond acceptors (Lipinski definition) is 10. The molecular weight excluding hydrogens is 694 g/mol. The molecule has 3 aromatic rings. The van der Waals surface area contributed by atoms with Crippen molar-refractivity contribution in [2.45, 2.75) is 64.1 Å². The van der Waals surface area contributed by atoms with Gasteiger partial charge in [0.1, 0.15) is 23.5 Å². The van der Waals surface area contributed by atoms with E-state index in [-0.39, 0.29) is 60.2 Å². The number of pyridine rings is 1. The van der Waals surface area contributed by atoms with Gasteiger partial charge in [-0.05, 0) is 81.6 Å². The highest BCUT2D eigenvalue weighted by atomic mass is 16.5. The summed E-state index contributed by atoms with van der Waals surface area (Å²) in [5, 5.41) is 2.47. The number of methoxy groups -OCH3 is 2. The average molecular weight is 744 g/mol. The first-order valence-corrected chi connectivity index (χ1v) is 18.1. The van der Waals surface area contributed by atoms with Crippen LogP contribution in [-0.4, -0.2) is 104 Å². The van der Waals surface area contributed by atoms with E-state index >= 15 is 0 Å². The van der Waals surface area contributed by atoms with Crippen LogP contribution in [0.3, 0.4) is 0 Å². The van der Waals surface area contributed by atoms with Crippen LogP contribution >= 0.6 is 0 Å². The van der Waals surface area contributed by atoms with Gasteiger partial charge in [0, 0.05) is 57.4 Å². The van der Waals surface area contributed by atoms with Gasteiger partial charge < -0.3 is 38.7 Å². The number of benzene rings is 2. The van der Waals surface area contributed by atoms with Crippen LogP contribution < -0.4 is 25.1 Å². The van der Waals surface area contributed by atoms with Crippen molar-refractivity contribution in [3.05, 3.63) is 74.7 Å². The monoisotopic (exact) mass is 743 g/mol. The summed E-state index contributed by atoms with van der Waals surface area (Å²) in [7, 11) is 10.4. The first kappa shape index (κ1) is 39.7. The molecule has 0 radical (unpaired) electrons. The molecule has 14 heteroatoms. The van der Waals surface area contributed by atoms with Crippen LogP contribution in [-0.2, 0) is 40.9 Å². The van der Waals surface area contributed by atoms with Crippen LogP contribution in [0.1, 0.15) is 75.9 Å². The normalized spacial score (nSPS) is 14.1. The van der Waals surface area contributed by atoms with Crippen LogP contribution in [0, 0.1) is 0 Å². The Morgan fingerprint density at radius 1 is 0.944 bits per heavy atom. The largest absolute Gasteiger partial charge is 0.496 e. The van der Waals surface area contributed by atoms with Gasteiger partial charge in [0.2, 0.25) is 11.8 Å². The lowest BCUT2D eigenvalue weighted by Gasteiger charge is -2.30. The number of nitrogens with one attached hydrogen (secondary N) is 1. The topological polar surface area (TPSA) is 157 Å². The number of aromatic nitrogens is 1. The van der Waals surface area contributed by atoms with Crippen molar-refractivity contribution in [1.29, 1.82) is 0 Å². The van der Waals surface area contributed by atoms with Gasteiger partial charge in [-0.25, -0.2) is 0 Å². The van der Waals surface area contributed by atoms with Crippen LogP contribution in [0.4, 0.5) is 0 Å². The highest BCUT2D eigenvalue weighted by Crippen LogP contribution is 2.38. The number of aryl methyl sites for hydroxylation is 1. The van der Waals surface area contributed by atoms with Crippen LogP contribution in [0.25, 0.3) is 11.1 Å². The molecule has 1 aromatic heterocycles. The zero-order valence-electron chi connectivity index (χ0n) is 31.9. The summed E-state index contributed by atoms with van der Waals surface area (Å²) in [5.74, 6) is 0.0722. The Morgan fingerprint density at radius 3 is 2.31 bits per heavy atom. The number of rotatable bonds is 17. The fourth-order valence-electron chi connectivity index (χ4n) is 7.12. The molecule has 54 heavy (non-hydrogen) atoms. The molecule has 1 N–H and O–H groups in total. The molecule has 14 nitrogen and oxygen atoms in total. The van der Waals surface area contributed by atoms with Gasteiger partial charge in [0.25, 0.3) is 17.4 Å². The van der Waals surface area contributed by atoms with Gasteiger partial charge in [-0.1, -0.05) is 6.07 Å². The molecule has 2 aromatic carbocycles. The third-order valence-corrected chi connectivity index (χ3v) is 9.95. The second-order valence-corrected chi connectivity index (χ2v) is 13.8. The minimum atomic E-state index is -1.07. The third kappa shape index (κ3) is 8.33. The number of carbonyl (C=O) groups excluding carboxylic acids is 5. The van der Waals surface area contributed by atoms with E-state index in [4.69, 9.17) is 14.2 Å². The highest BCUT2D eigenvalue weighted by Gasteiger charge is 2.42. The summed E-state index contributed by atoms with van der Waals surface area (Å²) in [5.41, 5.74) is 4.35. The summed E-state index contributed by atoms with van der Waals surface area (Å²) >= 11 is 0. The van der Waals surface area contributed by atoms with Crippen molar-refractivity contribution < 1.29 is 38.2 Å². The van der Waals surface area contributed by atoms with Crippen molar-refractivity contribution in [1.82, 2.24) is 24.6 Å². The number of hydrogen-bond donors (Lipinski definition) is 1. The van der Waals surface area contributed by atoms with Gasteiger partial charge in [-0.2, -0.15) is 0 Å². The number of imide groups is 1. The third-order valence-electron chi connectivity index (χ3n) is 9.95. The maximum atomic E-state index is 13.4. The maximum Gasteiger partial charge on any atom is 0.265 e. The molecule has 4 amide bonds. The molecule has 0 bridgehead atoms. The number of fused-ring (bicyclic) bond motifs is 2. The molecule has 288 valence electrons. The first-order chi connectivity index (χ1) is 25.9. The van der Waals surface area contributed by atoms with E-state index in [2.05, 4.69) is 5.32 Å².